The third-order valence-electron chi connectivity index (χ3n) is 4.58. The number of aliphatic hydroxyl groups is 1. The molecule has 0 atom stereocenters. The second-order valence-corrected chi connectivity index (χ2v) is 7.48. The molecule has 3 aromatic rings. The highest BCUT2D eigenvalue weighted by molar-refractivity contribution is 6.34. The second kappa shape index (κ2) is 10.4. The van der Waals surface area contributed by atoms with Gasteiger partial charge < -0.3 is 10.4 Å². The van der Waals surface area contributed by atoms with Gasteiger partial charge in [0.25, 0.3) is 11.5 Å². The summed E-state index contributed by atoms with van der Waals surface area (Å²) in [6.07, 6.45) is 1.80. The molecule has 8 nitrogen and oxygen atoms in total. The average Bonchev–Trinajstić information content (AvgIpc) is 2.75. The van der Waals surface area contributed by atoms with Crippen molar-refractivity contribution in [2.45, 2.75) is 19.4 Å². The van der Waals surface area contributed by atoms with Gasteiger partial charge in [0.2, 0.25) is 0 Å². The Kier molecular flexibility index (Phi) is 7.62. The van der Waals surface area contributed by atoms with Gasteiger partial charge in [0, 0.05) is 24.7 Å². The van der Waals surface area contributed by atoms with Crippen LogP contribution in [0.3, 0.4) is 0 Å². The van der Waals surface area contributed by atoms with Crippen molar-refractivity contribution in [3.8, 4) is 5.69 Å². The standard InChI is InChI=1S/C21H20Cl2N4O4/c22-17-5-2-1-4-14(17)8-9-24-20(30)16-12-15(6-7-18(16)23)27-21(31)26(10-3-11-28)19(29)13-25-27/h1-2,4-7,12-13,28H,3,8-11H2,(H,24,30). The van der Waals surface area contributed by atoms with E-state index in [1.807, 2.05) is 18.2 Å². The van der Waals surface area contributed by atoms with Crippen LogP contribution in [0.4, 0.5) is 0 Å². The molecule has 0 bridgehead atoms. The maximum atomic E-state index is 12.7. The van der Waals surface area contributed by atoms with Gasteiger partial charge in [-0.25, -0.2) is 4.79 Å². The van der Waals surface area contributed by atoms with E-state index in [0.717, 1.165) is 21.0 Å². The number of hydrogen-bond acceptors (Lipinski definition) is 5. The first-order chi connectivity index (χ1) is 14.9. The zero-order valence-electron chi connectivity index (χ0n) is 16.4. The highest BCUT2D eigenvalue weighted by Crippen LogP contribution is 2.19. The first kappa shape index (κ1) is 22.7. The molecule has 0 saturated heterocycles. The zero-order valence-corrected chi connectivity index (χ0v) is 17.9. The Morgan fingerprint density at radius 3 is 2.61 bits per heavy atom. The molecule has 0 fully saturated rings. The normalized spacial score (nSPS) is 10.8. The lowest BCUT2D eigenvalue weighted by molar-refractivity contribution is 0.0954. The van der Waals surface area contributed by atoms with Crippen molar-refractivity contribution in [1.29, 1.82) is 0 Å². The van der Waals surface area contributed by atoms with Crippen molar-refractivity contribution < 1.29 is 9.90 Å². The van der Waals surface area contributed by atoms with Gasteiger partial charge in [0.1, 0.15) is 6.20 Å². The van der Waals surface area contributed by atoms with E-state index in [0.29, 0.717) is 18.0 Å². The van der Waals surface area contributed by atoms with Crippen LogP contribution in [0.5, 0.6) is 0 Å². The molecule has 0 spiro atoms. The molecule has 2 N–H and O–H groups in total. The SMILES string of the molecule is O=C(NCCc1ccccc1Cl)c1cc(-n2ncc(=O)n(CCCO)c2=O)ccc1Cl. The summed E-state index contributed by atoms with van der Waals surface area (Å²) in [6.45, 7) is 0.237. The number of aliphatic hydroxyl groups excluding tert-OH is 1. The molecule has 0 aliphatic heterocycles. The number of nitrogens with zero attached hydrogens (tertiary/aromatic N) is 3. The van der Waals surface area contributed by atoms with Gasteiger partial charge in [0.05, 0.1) is 16.3 Å². The smallest absolute Gasteiger partial charge is 0.352 e. The fraction of sp³-hybridized carbons (Fsp3) is 0.238. The number of benzene rings is 2. The number of rotatable bonds is 8. The van der Waals surface area contributed by atoms with Crippen molar-refractivity contribution in [3.05, 3.63) is 90.7 Å². The highest BCUT2D eigenvalue weighted by atomic mass is 35.5. The van der Waals surface area contributed by atoms with Crippen LogP contribution >= 0.6 is 23.2 Å². The van der Waals surface area contributed by atoms with Crippen LogP contribution in [-0.2, 0) is 13.0 Å². The van der Waals surface area contributed by atoms with Gasteiger partial charge in [-0.05, 0) is 42.7 Å². The van der Waals surface area contributed by atoms with Crippen LogP contribution < -0.4 is 16.6 Å². The van der Waals surface area contributed by atoms with E-state index in [1.165, 1.54) is 18.2 Å². The Hall–Kier alpha value is -2.94. The molecule has 0 unspecified atom stereocenters. The van der Waals surface area contributed by atoms with E-state index in [-0.39, 0.29) is 35.8 Å². The molecule has 31 heavy (non-hydrogen) atoms. The van der Waals surface area contributed by atoms with Crippen molar-refractivity contribution in [1.82, 2.24) is 19.7 Å². The fourth-order valence-corrected chi connectivity index (χ4v) is 3.41. The number of carbonyl (C=O) groups is 1. The third-order valence-corrected chi connectivity index (χ3v) is 5.28. The van der Waals surface area contributed by atoms with Crippen LogP contribution in [0.1, 0.15) is 22.3 Å². The largest absolute Gasteiger partial charge is 0.396 e. The van der Waals surface area contributed by atoms with E-state index in [2.05, 4.69) is 10.4 Å². The van der Waals surface area contributed by atoms with Crippen LogP contribution in [0, 0.1) is 0 Å². The summed E-state index contributed by atoms with van der Waals surface area (Å²) >= 11 is 12.3. The Balaban J connectivity index is 1.82. The van der Waals surface area contributed by atoms with Crippen LogP contribution in [0.25, 0.3) is 5.69 Å². The number of nitrogens with one attached hydrogen (secondary N) is 1. The Morgan fingerprint density at radius 1 is 1.10 bits per heavy atom. The highest BCUT2D eigenvalue weighted by Gasteiger charge is 2.14. The predicted octanol–water partition coefficient (Wildman–Crippen LogP) is 2.06. The molecular formula is C21H20Cl2N4O4. The number of hydrogen-bond donors (Lipinski definition) is 2. The van der Waals surface area contributed by atoms with E-state index < -0.39 is 17.2 Å². The van der Waals surface area contributed by atoms with Gasteiger partial charge >= 0.3 is 5.69 Å². The van der Waals surface area contributed by atoms with Gasteiger partial charge in [0.15, 0.2) is 0 Å². The van der Waals surface area contributed by atoms with E-state index in [9.17, 15) is 14.4 Å². The Bertz CT molecular complexity index is 1210. The Morgan fingerprint density at radius 2 is 1.87 bits per heavy atom. The number of aromatic nitrogens is 3. The van der Waals surface area contributed by atoms with Gasteiger partial charge in [-0.1, -0.05) is 41.4 Å². The average molecular weight is 463 g/mol. The molecule has 1 heterocycles. The molecule has 0 aliphatic rings. The molecule has 0 saturated carbocycles. The number of amides is 1. The first-order valence-electron chi connectivity index (χ1n) is 9.54. The molecule has 0 radical (unpaired) electrons. The lowest BCUT2D eigenvalue weighted by Crippen LogP contribution is -2.40. The molecule has 1 aromatic heterocycles. The van der Waals surface area contributed by atoms with Crippen molar-refractivity contribution >= 4 is 29.1 Å². The van der Waals surface area contributed by atoms with Crippen LogP contribution in [0.2, 0.25) is 10.0 Å². The monoisotopic (exact) mass is 462 g/mol. The maximum Gasteiger partial charge on any atom is 0.352 e. The molecule has 10 heteroatoms. The zero-order chi connectivity index (χ0) is 22.4. The first-order valence-corrected chi connectivity index (χ1v) is 10.3. The summed E-state index contributed by atoms with van der Waals surface area (Å²) in [5.74, 6) is -0.416. The third kappa shape index (κ3) is 5.41. The van der Waals surface area contributed by atoms with Crippen LogP contribution in [0.15, 0.2) is 58.3 Å². The molecule has 3 rings (SSSR count). The lowest BCUT2D eigenvalue weighted by Gasteiger charge is -2.11. The quantitative estimate of drug-likeness (QED) is 0.532. The van der Waals surface area contributed by atoms with E-state index in [4.69, 9.17) is 28.3 Å². The van der Waals surface area contributed by atoms with Crippen molar-refractivity contribution in [2.75, 3.05) is 13.2 Å². The summed E-state index contributed by atoms with van der Waals surface area (Å²) in [4.78, 5) is 37.2. The topological polar surface area (TPSA) is 106 Å². The summed E-state index contributed by atoms with van der Waals surface area (Å²) in [6, 6.07) is 11.8. The lowest BCUT2D eigenvalue weighted by atomic mass is 10.1. The fourth-order valence-electron chi connectivity index (χ4n) is 2.97. The van der Waals surface area contributed by atoms with Crippen molar-refractivity contribution in [3.63, 3.8) is 0 Å². The number of halogens is 2. The maximum absolute atomic E-state index is 12.7. The van der Waals surface area contributed by atoms with Gasteiger partial charge in [-0.2, -0.15) is 9.78 Å². The molecular weight excluding hydrogens is 443 g/mol. The van der Waals surface area contributed by atoms with E-state index >= 15 is 0 Å². The minimum Gasteiger partial charge on any atom is -0.396 e. The van der Waals surface area contributed by atoms with Gasteiger partial charge in [-0.3, -0.25) is 14.2 Å². The molecule has 162 valence electrons. The summed E-state index contributed by atoms with van der Waals surface area (Å²) in [5, 5.41) is 16.5. The molecule has 1 amide bonds. The molecule has 0 aliphatic carbocycles. The predicted molar refractivity (Wildman–Crippen MR) is 118 cm³/mol. The minimum absolute atomic E-state index is 0.0552. The van der Waals surface area contributed by atoms with E-state index in [1.54, 1.807) is 6.07 Å². The summed E-state index contributed by atoms with van der Waals surface area (Å²) in [7, 11) is 0. The Labute approximate surface area is 187 Å². The summed E-state index contributed by atoms with van der Waals surface area (Å²) < 4.78 is 1.98. The summed E-state index contributed by atoms with van der Waals surface area (Å²) in [5.41, 5.74) is 0.114. The van der Waals surface area contributed by atoms with Crippen LogP contribution in [-0.4, -0.2) is 38.5 Å². The minimum atomic E-state index is -0.673. The van der Waals surface area contributed by atoms with Gasteiger partial charge in [-0.15, -0.1) is 0 Å². The van der Waals surface area contributed by atoms with Crippen molar-refractivity contribution in [2.24, 2.45) is 0 Å². The second-order valence-electron chi connectivity index (χ2n) is 6.67. The molecule has 2 aromatic carbocycles. The number of carbonyl (C=O) groups excluding carboxylic acids is 1.